The van der Waals surface area contributed by atoms with Gasteiger partial charge >= 0.3 is 0 Å². The maximum atomic E-state index is 11.6. The number of hydrogen-bond acceptors (Lipinski definition) is 5. The van der Waals surface area contributed by atoms with E-state index in [0.29, 0.717) is 11.0 Å². The smallest absolute Gasteiger partial charge is 0.285 e. The van der Waals surface area contributed by atoms with Gasteiger partial charge in [0.2, 0.25) is 0 Å². The van der Waals surface area contributed by atoms with Crippen molar-refractivity contribution in [3.05, 3.63) is 163 Å². The van der Waals surface area contributed by atoms with Crippen LogP contribution < -0.4 is 15.6 Å². The maximum absolute atomic E-state index is 11.6. The van der Waals surface area contributed by atoms with Crippen LogP contribution in [-0.4, -0.2) is 50.7 Å². The highest BCUT2D eigenvalue weighted by Crippen LogP contribution is 2.22. The third kappa shape index (κ3) is 7.85. The second-order valence-electron chi connectivity index (χ2n) is 10.4. The molecule has 0 bridgehead atoms. The summed E-state index contributed by atoms with van der Waals surface area (Å²) >= 11 is 0. The van der Waals surface area contributed by atoms with Gasteiger partial charge in [0.25, 0.3) is 8.32 Å². The van der Waals surface area contributed by atoms with Crippen molar-refractivity contribution < 1.29 is 15.0 Å². The van der Waals surface area contributed by atoms with Crippen molar-refractivity contribution in [1.29, 1.82) is 0 Å². The number of aryl methyl sites for hydroxylation is 2. The molecule has 5 aromatic carbocycles. The average molecular weight is 622 g/mol. The first-order valence-corrected chi connectivity index (χ1v) is 16.3. The highest BCUT2D eigenvalue weighted by molar-refractivity contribution is 7.06. The number of rotatable bonds is 3. The van der Waals surface area contributed by atoms with E-state index in [-0.39, 0.29) is 28.9 Å². The van der Waals surface area contributed by atoms with Crippen LogP contribution in [0.15, 0.2) is 152 Å². The van der Waals surface area contributed by atoms with E-state index in [9.17, 15) is 15.0 Å². The fourth-order valence-corrected chi connectivity index (χ4v) is 8.02. The molecule has 0 atom stereocenters. The Kier molecular flexibility index (Phi) is 11.3. The van der Waals surface area contributed by atoms with Crippen LogP contribution in [-0.2, 0) is 0 Å². The van der Waals surface area contributed by atoms with E-state index in [4.69, 9.17) is 0 Å². The van der Waals surface area contributed by atoms with E-state index in [0.717, 1.165) is 37.7 Å². The van der Waals surface area contributed by atoms with E-state index in [1.54, 1.807) is 12.1 Å². The highest BCUT2D eigenvalue weighted by atomic mass is 28.4. The predicted molar refractivity (Wildman–Crippen MR) is 188 cm³/mol. The van der Waals surface area contributed by atoms with Crippen LogP contribution in [0.4, 0.5) is 0 Å². The normalized spacial score (nSPS) is 10.6. The van der Waals surface area contributed by atoms with Crippen molar-refractivity contribution in [2.24, 2.45) is 0 Å². The zero-order valence-corrected chi connectivity index (χ0v) is 27.4. The Hall–Kier alpha value is -4.77. The first-order chi connectivity index (χ1) is 21.4. The molecule has 0 saturated carbocycles. The van der Waals surface area contributed by atoms with Crippen molar-refractivity contribution in [3.63, 3.8) is 0 Å². The molecule has 0 amide bonds. The molecule has 5 nitrogen and oxygen atoms in total. The maximum Gasteiger partial charge on any atom is 0.285 e. The first-order valence-electron chi connectivity index (χ1n) is 14.4. The summed E-state index contributed by atoms with van der Waals surface area (Å²) in [6.07, 6.45) is 0. The molecular weight excluding hydrogens is 587 g/mol. The van der Waals surface area contributed by atoms with Gasteiger partial charge in [-0.15, -0.1) is 0 Å². The van der Waals surface area contributed by atoms with E-state index >= 15 is 0 Å². The van der Waals surface area contributed by atoms with Gasteiger partial charge in [0.1, 0.15) is 22.5 Å². The van der Waals surface area contributed by atoms with Crippen LogP contribution in [0.25, 0.3) is 21.8 Å². The largest absolute Gasteiger partial charge is 0.506 e. The number of phenolic OH excluding ortho intramolecular Hbond substituents is 2. The van der Waals surface area contributed by atoms with Crippen LogP contribution in [0.3, 0.4) is 0 Å². The minimum Gasteiger partial charge on any atom is -0.506 e. The molecule has 0 unspecified atom stereocenters. The Balaban J connectivity index is 0.000000160. The SMILES string of the molecule is Cc1ccc2cccc(O)c2n1.Cc1ccc2cccc(O)c2n1.O[Si](c1ccccc1)(c1ccccc1)c1ccccc1.[Al]. The van der Waals surface area contributed by atoms with Crippen molar-refractivity contribution in [2.45, 2.75) is 13.8 Å². The van der Waals surface area contributed by atoms with Crippen LogP contribution >= 0.6 is 0 Å². The fraction of sp³-hybridized carbons (Fsp3) is 0.0526. The second kappa shape index (κ2) is 15.3. The summed E-state index contributed by atoms with van der Waals surface area (Å²) in [4.78, 5) is 20.0. The number of benzene rings is 5. The minimum atomic E-state index is -2.88. The number of aromatic hydroxyl groups is 2. The Morgan fingerprint density at radius 1 is 0.422 bits per heavy atom. The zero-order valence-electron chi connectivity index (χ0n) is 25.2. The topological polar surface area (TPSA) is 86.5 Å². The standard InChI is InChI=1S/C18H16OSi.2C10H9NO.Al/c19-20(16-10-4-1-5-11-16,17-12-6-2-7-13-17)18-14-8-3-9-15-18;2*1-7-5-6-8-3-2-4-9(12)10(8)11-7;/h1-15,19H;2*2-6,12H,1H3;. The van der Waals surface area contributed by atoms with E-state index in [1.807, 2.05) is 153 Å². The minimum absolute atomic E-state index is 0. The van der Waals surface area contributed by atoms with Gasteiger partial charge in [0.15, 0.2) is 0 Å². The molecule has 45 heavy (non-hydrogen) atoms. The van der Waals surface area contributed by atoms with Crippen LogP contribution in [0.5, 0.6) is 11.5 Å². The Morgan fingerprint density at radius 2 is 0.756 bits per heavy atom. The average Bonchev–Trinajstić information content (AvgIpc) is 3.07. The van der Waals surface area contributed by atoms with Gasteiger partial charge in [-0.05, 0) is 53.7 Å². The lowest BCUT2D eigenvalue weighted by Crippen LogP contribution is -2.67. The van der Waals surface area contributed by atoms with Gasteiger partial charge in [-0.3, -0.25) is 0 Å². The number of pyridine rings is 2. The van der Waals surface area contributed by atoms with E-state index in [2.05, 4.69) is 9.97 Å². The number of phenols is 2. The molecule has 0 aliphatic heterocycles. The summed E-state index contributed by atoms with van der Waals surface area (Å²) in [7, 11) is -2.88. The van der Waals surface area contributed by atoms with Crippen molar-refractivity contribution in [2.75, 3.05) is 0 Å². The quantitative estimate of drug-likeness (QED) is 0.173. The van der Waals surface area contributed by atoms with Crippen LogP contribution in [0.1, 0.15) is 11.4 Å². The second-order valence-corrected chi connectivity index (χ2v) is 13.6. The van der Waals surface area contributed by atoms with Gasteiger partial charge < -0.3 is 15.0 Å². The lowest BCUT2D eigenvalue weighted by molar-refractivity contribution is 0.480. The molecule has 3 N–H and O–H groups in total. The number of nitrogens with zero attached hydrogens (tertiary/aromatic N) is 2. The molecule has 0 spiro atoms. The predicted octanol–water partition coefficient (Wildman–Crippen LogP) is 5.76. The number of fused-ring (bicyclic) bond motifs is 2. The lowest BCUT2D eigenvalue weighted by Gasteiger charge is -2.26. The Bertz CT molecular complexity index is 1790. The monoisotopic (exact) mass is 621 g/mol. The van der Waals surface area contributed by atoms with Crippen molar-refractivity contribution >= 4 is 63.0 Å². The molecule has 0 fully saturated rings. The molecule has 2 aromatic heterocycles. The molecule has 0 saturated heterocycles. The third-order valence-corrected chi connectivity index (χ3v) is 10.8. The Morgan fingerprint density at radius 3 is 1.09 bits per heavy atom. The summed E-state index contributed by atoms with van der Waals surface area (Å²) in [5, 5.41) is 23.8. The number of aromatic nitrogens is 2. The molecule has 7 aromatic rings. The van der Waals surface area contributed by atoms with Gasteiger partial charge in [0.05, 0.1) is 0 Å². The number of hydrogen-bond donors (Lipinski definition) is 3. The molecule has 7 rings (SSSR count). The molecule has 3 radical (unpaired) electrons. The Labute approximate surface area is 275 Å². The van der Waals surface area contributed by atoms with Gasteiger partial charge in [-0.1, -0.05) is 127 Å². The van der Waals surface area contributed by atoms with Gasteiger partial charge in [0, 0.05) is 39.5 Å². The summed E-state index contributed by atoms with van der Waals surface area (Å²) < 4.78 is 0. The van der Waals surface area contributed by atoms with E-state index in [1.165, 1.54) is 0 Å². The van der Waals surface area contributed by atoms with Crippen LogP contribution in [0, 0.1) is 13.8 Å². The molecule has 7 heteroatoms. The van der Waals surface area contributed by atoms with E-state index < -0.39 is 8.32 Å². The highest BCUT2D eigenvalue weighted by Gasteiger charge is 2.37. The molecule has 0 aliphatic rings. The summed E-state index contributed by atoms with van der Waals surface area (Å²) in [6, 6.07) is 48.5. The van der Waals surface area contributed by atoms with Crippen molar-refractivity contribution in [3.8, 4) is 11.5 Å². The molecule has 221 valence electrons. The molecule has 0 aliphatic carbocycles. The third-order valence-electron chi connectivity index (χ3n) is 7.25. The van der Waals surface area contributed by atoms with Crippen molar-refractivity contribution in [1.82, 2.24) is 9.97 Å². The molecule has 2 heterocycles. The number of para-hydroxylation sites is 2. The lowest BCUT2D eigenvalue weighted by atomic mass is 10.2. The van der Waals surface area contributed by atoms with Gasteiger partial charge in [-0.2, -0.15) is 0 Å². The molecular formula is C38H34AlN2O3Si. The van der Waals surface area contributed by atoms with Crippen LogP contribution in [0.2, 0.25) is 0 Å². The first kappa shape index (κ1) is 33.1. The fourth-order valence-electron chi connectivity index (χ4n) is 5.00. The zero-order chi connectivity index (χ0) is 30.9. The van der Waals surface area contributed by atoms with Gasteiger partial charge in [-0.25, -0.2) is 9.97 Å². The summed E-state index contributed by atoms with van der Waals surface area (Å²) in [5.41, 5.74) is 3.20. The summed E-state index contributed by atoms with van der Waals surface area (Å²) in [5.74, 6) is 0.493. The summed E-state index contributed by atoms with van der Waals surface area (Å²) in [6.45, 7) is 3.82.